The molecule has 1 aromatic carbocycles. The van der Waals surface area contributed by atoms with E-state index in [1.807, 2.05) is 21.0 Å². The first kappa shape index (κ1) is 12.9. The third kappa shape index (κ3) is 2.35. The molecule has 0 aromatic heterocycles. The smallest absolute Gasteiger partial charge is 0.139 e. The molecule has 1 aromatic rings. The zero-order chi connectivity index (χ0) is 13.3. The van der Waals surface area contributed by atoms with Crippen LogP contribution in [0.3, 0.4) is 0 Å². The van der Waals surface area contributed by atoms with Crippen LogP contribution in [0.25, 0.3) is 0 Å². The number of nitrogens with zero attached hydrogens (tertiary/aromatic N) is 2. The number of piperidine rings is 1. The summed E-state index contributed by atoms with van der Waals surface area (Å²) in [4.78, 5) is 16.2. The molecule has 0 radical (unpaired) electrons. The van der Waals surface area contributed by atoms with Gasteiger partial charge in [-0.1, -0.05) is 13.0 Å². The fraction of sp³-hybridized carbons (Fsp3) is 0.533. The Labute approximate surface area is 109 Å². The zero-order valence-corrected chi connectivity index (χ0v) is 11.7. The maximum atomic E-state index is 11.7. The highest BCUT2D eigenvalue weighted by Crippen LogP contribution is 2.28. The lowest BCUT2D eigenvalue weighted by molar-refractivity contribution is -0.123. The molecule has 1 fully saturated rings. The van der Waals surface area contributed by atoms with E-state index < -0.39 is 0 Å². The van der Waals surface area contributed by atoms with Crippen molar-refractivity contribution in [3.8, 4) is 0 Å². The van der Waals surface area contributed by atoms with Gasteiger partial charge in [-0.3, -0.25) is 4.79 Å². The van der Waals surface area contributed by atoms with Crippen molar-refractivity contribution in [1.29, 1.82) is 0 Å². The number of carbonyl (C=O) groups excluding carboxylic acids is 1. The summed E-state index contributed by atoms with van der Waals surface area (Å²) in [5.41, 5.74) is 2.41. The van der Waals surface area contributed by atoms with E-state index in [9.17, 15) is 4.79 Å². The number of hydrogen-bond acceptors (Lipinski definition) is 3. The number of hydrogen-bond donors (Lipinski definition) is 0. The highest BCUT2D eigenvalue weighted by atomic mass is 16.1. The Hall–Kier alpha value is -1.51. The molecule has 3 heteroatoms. The molecule has 0 N–H and O–H groups in total. The Balaban J connectivity index is 2.26. The molecule has 0 amide bonds. The van der Waals surface area contributed by atoms with Crippen molar-refractivity contribution in [3.63, 3.8) is 0 Å². The molecule has 2 rings (SSSR count). The van der Waals surface area contributed by atoms with Crippen LogP contribution in [0.1, 0.15) is 20.3 Å². The van der Waals surface area contributed by atoms with E-state index in [-0.39, 0.29) is 12.0 Å². The summed E-state index contributed by atoms with van der Waals surface area (Å²) in [5, 5.41) is 0. The Morgan fingerprint density at radius 1 is 1.28 bits per heavy atom. The lowest BCUT2D eigenvalue weighted by Gasteiger charge is -2.39. The average Bonchev–Trinajstić information content (AvgIpc) is 2.36. The molecule has 1 saturated heterocycles. The maximum absolute atomic E-state index is 11.7. The number of anilines is 2. The lowest BCUT2D eigenvalue weighted by atomic mass is 9.90. The number of ketones is 1. The van der Waals surface area contributed by atoms with E-state index >= 15 is 0 Å². The highest BCUT2D eigenvalue weighted by molar-refractivity contribution is 5.84. The molecular formula is C15H22N2O. The standard InChI is InChI=1S/C15H22N2O/c1-11-12(2)17(9-8-15(11)18)14-7-5-6-13(10-14)16(3)4/h5-7,10-12H,8-9H2,1-4H3. The minimum atomic E-state index is 0.127. The van der Waals surface area contributed by atoms with Crippen molar-refractivity contribution in [3.05, 3.63) is 24.3 Å². The minimum Gasteiger partial charge on any atom is -0.378 e. The summed E-state index contributed by atoms with van der Waals surface area (Å²) in [5.74, 6) is 0.518. The van der Waals surface area contributed by atoms with Crippen molar-refractivity contribution in [2.75, 3.05) is 30.4 Å². The molecule has 2 atom stereocenters. The minimum absolute atomic E-state index is 0.127. The van der Waals surface area contributed by atoms with Crippen LogP contribution in [-0.2, 0) is 4.79 Å². The molecule has 2 unspecified atom stereocenters. The van der Waals surface area contributed by atoms with Crippen LogP contribution < -0.4 is 9.80 Å². The largest absolute Gasteiger partial charge is 0.378 e. The van der Waals surface area contributed by atoms with Crippen LogP contribution in [0, 0.1) is 5.92 Å². The van der Waals surface area contributed by atoms with Gasteiger partial charge in [-0.25, -0.2) is 0 Å². The molecule has 0 aliphatic carbocycles. The summed E-state index contributed by atoms with van der Waals surface area (Å²) < 4.78 is 0. The number of Topliss-reactive ketones (excluding diaryl/α,β-unsaturated/α-hetero) is 1. The van der Waals surface area contributed by atoms with Crippen LogP contribution >= 0.6 is 0 Å². The van der Waals surface area contributed by atoms with Gasteiger partial charge in [0.05, 0.1) is 0 Å². The summed E-state index contributed by atoms with van der Waals surface area (Å²) in [6, 6.07) is 8.79. The van der Waals surface area contributed by atoms with E-state index in [0.29, 0.717) is 12.2 Å². The van der Waals surface area contributed by atoms with Crippen LogP contribution in [0.5, 0.6) is 0 Å². The lowest BCUT2D eigenvalue weighted by Crippen LogP contribution is -2.47. The van der Waals surface area contributed by atoms with Gasteiger partial charge in [0.2, 0.25) is 0 Å². The second-order valence-electron chi connectivity index (χ2n) is 5.35. The van der Waals surface area contributed by atoms with Crippen molar-refractivity contribution in [2.45, 2.75) is 26.3 Å². The third-order valence-electron chi connectivity index (χ3n) is 4.00. The van der Waals surface area contributed by atoms with Crippen LogP contribution in [-0.4, -0.2) is 32.5 Å². The fourth-order valence-electron chi connectivity index (χ4n) is 2.51. The van der Waals surface area contributed by atoms with Gasteiger partial charge in [0.25, 0.3) is 0 Å². The van der Waals surface area contributed by atoms with Crippen LogP contribution in [0.4, 0.5) is 11.4 Å². The quantitative estimate of drug-likeness (QED) is 0.801. The number of carbonyl (C=O) groups is 1. The van der Waals surface area contributed by atoms with Crippen molar-refractivity contribution < 1.29 is 4.79 Å². The summed E-state index contributed by atoms with van der Waals surface area (Å²) in [7, 11) is 4.09. The summed E-state index contributed by atoms with van der Waals surface area (Å²) >= 11 is 0. The SMILES string of the molecule is CC1C(=O)CCN(c2cccc(N(C)C)c2)C1C. The normalized spacial score (nSPS) is 24.2. The second kappa shape index (κ2) is 5.01. The van der Waals surface area contributed by atoms with Gasteiger partial charge >= 0.3 is 0 Å². The van der Waals surface area contributed by atoms with Crippen molar-refractivity contribution in [1.82, 2.24) is 0 Å². The van der Waals surface area contributed by atoms with Gasteiger partial charge in [-0.15, -0.1) is 0 Å². The summed E-state index contributed by atoms with van der Waals surface area (Å²) in [6.07, 6.45) is 0.664. The van der Waals surface area contributed by atoms with E-state index in [1.54, 1.807) is 0 Å². The summed E-state index contributed by atoms with van der Waals surface area (Å²) in [6.45, 7) is 5.01. The van der Waals surface area contributed by atoms with E-state index in [2.05, 4.69) is 41.0 Å². The first-order chi connectivity index (χ1) is 8.50. The molecule has 18 heavy (non-hydrogen) atoms. The van der Waals surface area contributed by atoms with E-state index in [4.69, 9.17) is 0 Å². The number of benzene rings is 1. The molecule has 98 valence electrons. The fourth-order valence-corrected chi connectivity index (χ4v) is 2.51. The van der Waals surface area contributed by atoms with Gasteiger partial charge in [-0.2, -0.15) is 0 Å². The average molecular weight is 246 g/mol. The first-order valence-corrected chi connectivity index (χ1v) is 6.57. The molecule has 0 spiro atoms. The van der Waals surface area contributed by atoms with Gasteiger partial charge in [-0.05, 0) is 25.1 Å². The van der Waals surface area contributed by atoms with Gasteiger partial charge in [0.15, 0.2) is 0 Å². The molecule has 1 heterocycles. The van der Waals surface area contributed by atoms with E-state index in [0.717, 1.165) is 6.54 Å². The van der Waals surface area contributed by atoms with E-state index in [1.165, 1.54) is 11.4 Å². The predicted octanol–water partition coefficient (Wildman–Crippen LogP) is 2.56. The zero-order valence-electron chi connectivity index (χ0n) is 11.7. The maximum Gasteiger partial charge on any atom is 0.139 e. The Kier molecular flexibility index (Phi) is 3.60. The molecule has 1 aliphatic rings. The Morgan fingerprint density at radius 3 is 2.67 bits per heavy atom. The Morgan fingerprint density at radius 2 is 2.00 bits per heavy atom. The molecular weight excluding hydrogens is 224 g/mol. The molecule has 3 nitrogen and oxygen atoms in total. The monoisotopic (exact) mass is 246 g/mol. The topological polar surface area (TPSA) is 23.6 Å². The number of rotatable bonds is 2. The van der Waals surface area contributed by atoms with Gasteiger partial charge in [0.1, 0.15) is 5.78 Å². The van der Waals surface area contributed by atoms with Crippen molar-refractivity contribution >= 4 is 17.2 Å². The first-order valence-electron chi connectivity index (χ1n) is 6.57. The highest BCUT2D eigenvalue weighted by Gasteiger charge is 2.30. The molecule has 0 saturated carbocycles. The van der Waals surface area contributed by atoms with Crippen molar-refractivity contribution in [2.24, 2.45) is 5.92 Å². The van der Waals surface area contributed by atoms with Crippen LogP contribution in [0.2, 0.25) is 0 Å². The van der Waals surface area contributed by atoms with Gasteiger partial charge < -0.3 is 9.80 Å². The predicted molar refractivity (Wildman–Crippen MR) is 76.4 cm³/mol. The molecule has 0 bridgehead atoms. The second-order valence-corrected chi connectivity index (χ2v) is 5.35. The van der Waals surface area contributed by atoms with Gasteiger partial charge in [0, 0.05) is 50.4 Å². The van der Waals surface area contributed by atoms with Crippen LogP contribution in [0.15, 0.2) is 24.3 Å². The Bertz CT molecular complexity index is 442. The third-order valence-corrected chi connectivity index (χ3v) is 4.00. The molecule has 1 aliphatic heterocycles.